The van der Waals surface area contributed by atoms with E-state index in [1.807, 2.05) is 0 Å². The second-order valence-electron chi connectivity index (χ2n) is 3.13. The Kier molecular flexibility index (Phi) is 3.88. The van der Waals surface area contributed by atoms with Crippen molar-refractivity contribution in [3.8, 4) is 11.5 Å². The summed E-state index contributed by atoms with van der Waals surface area (Å²) >= 11 is 0. The smallest absolute Gasteiger partial charge is 0.288 e. The van der Waals surface area contributed by atoms with Gasteiger partial charge in [0.25, 0.3) is 5.91 Å². The van der Waals surface area contributed by atoms with Crippen LogP contribution in [-0.2, 0) is 9.59 Å². The minimum absolute atomic E-state index is 0.218. The molecule has 0 fully saturated rings. The number of aldehydes is 1. The summed E-state index contributed by atoms with van der Waals surface area (Å²) in [5, 5.41) is 2.44. The van der Waals surface area contributed by atoms with Crippen LogP contribution in [0.25, 0.3) is 0 Å². The van der Waals surface area contributed by atoms with Crippen LogP contribution in [0.1, 0.15) is 5.56 Å². The van der Waals surface area contributed by atoms with Crippen LogP contribution in [0.4, 0.5) is 5.69 Å². The molecule has 0 radical (unpaired) electrons. The van der Waals surface area contributed by atoms with Gasteiger partial charge in [0.05, 0.1) is 14.2 Å². The molecule has 0 aromatic heterocycles. The van der Waals surface area contributed by atoms with Gasteiger partial charge in [-0.25, -0.2) is 0 Å². The first-order valence-corrected chi connectivity index (χ1v) is 4.61. The number of carbonyl (C=O) groups excluding carboxylic acids is 2. The Balaban J connectivity index is 3.10. The topological polar surface area (TPSA) is 64.6 Å². The van der Waals surface area contributed by atoms with Crippen LogP contribution in [-0.4, -0.2) is 26.4 Å². The summed E-state index contributed by atoms with van der Waals surface area (Å²) in [6, 6.07) is 3.33. The Morgan fingerprint density at radius 2 is 1.81 bits per heavy atom. The summed E-state index contributed by atoms with van der Waals surface area (Å²) in [4.78, 5) is 21.2. The molecule has 0 atom stereocenters. The Hall–Kier alpha value is -2.04. The molecule has 0 aliphatic heterocycles. The molecule has 0 heterocycles. The average Bonchev–Trinajstić information content (AvgIpc) is 2.30. The fourth-order valence-electron chi connectivity index (χ4n) is 1.28. The lowest BCUT2D eigenvalue weighted by Crippen LogP contribution is -2.13. The number of nitrogens with one attached hydrogen (secondary N) is 1. The molecule has 5 heteroatoms. The van der Waals surface area contributed by atoms with Gasteiger partial charge < -0.3 is 14.8 Å². The van der Waals surface area contributed by atoms with Gasteiger partial charge >= 0.3 is 0 Å². The van der Waals surface area contributed by atoms with E-state index in [-0.39, 0.29) is 6.29 Å². The number of carbonyl (C=O) groups is 2. The largest absolute Gasteiger partial charge is 0.493 e. The number of aryl methyl sites for hydroxylation is 1. The van der Waals surface area contributed by atoms with Gasteiger partial charge in [0, 0.05) is 11.8 Å². The van der Waals surface area contributed by atoms with Crippen LogP contribution in [0, 0.1) is 6.92 Å². The van der Waals surface area contributed by atoms with Crippen molar-refractivity contribution in [2.75, 3.05) is 19.5 Å². The molecule has 0 aliphatic carbocycles. The molecule has 1 amide bonds. The average molecular weight is 223 g/mol. The fraction of sp³-hybridized carbons (Fsp3) is 0.273. The van der Waals surface area contributed by atoms with Crippen LogP contribution in [0.15, 0.2) is 12.1 Å². The van der Waals surface area contributed by atoms with E-state index in [9.17, 15) is 9.59 Å². The number of anilines is 1. The van der Waals surface area contributed by atoms with Crippen LogP contribution in [0.5, 0.6) is 11.5 Å². The predicted molar refractivity (Wildman–Crippen MR) is 59.0 cm³/mol. The van der Waals surface area contributed by atoms with Gasteiger partial charge in [-0.2, -0.15) is 0 Å². The first-order chi connectivity index (χ1) is 7.62. The third kappa shape index (κ3) is 2.50. The number of hydrogen-bond donors (Lipinski definition) is 1. The molecule has 1 rings (SSSR count). The maximum absolute atomic E-state index is 10.9. The molecule has 16 heavy (non-hydrogen) atoms. The highest BCUT2D eigenvalue weighted by Gasteiger charge is 2.10. The van der Waals surface area contributed by atoms with Gasteiger partial charge in [0.15, 0.2) is 11.5 Å². The Morgan fingerprint density at radius 1 is 1.25 bits per heavy atom. The molecule has 86 valence electrons. The maximum Gasteiger partial charge on any atom is 0.288 e. The summed E-state index contributed by atoms with van der Waals surface area (Å²) < 4.78 is 10.2. The summed E-state index contributed by atoms with van der Waals surface area (Å²) in [5.41, 5.74) is 1.31. The zero-order valence-corrected chi connectivity index (χ0v) is 9.37. The van der Waals surface area contributed by atoms with Gasteiger partial charge in [0.2, 0.25) is 6.29 Å². The number of hydrogen-bond acceptors (Lipinski definition) is 4. The van der Waals surface area contributed by atoms with Crippen molar-refractivity contribution in [2.45, 2.75) is 6.92 Å². The summed E-state index contributed by atoms with van der Waals surface area (Å²) in [6.07, 6.45) is 0.218. The molecule has 0 aliphatic rings. The van der Waals surface area contributed by atoms with Gasteiger partial charge in [-0.3, -0.25) is 9.59 Å². The first kappa shape index (κ1) is 12.0. The van der Waals surface area contributed by atoms with E-state index < -0.39 is 5.91 Å². The van der Waals surface area contributed by atoms with Crippen molar-refractivity contribution < 1.29 is 19.1 Å². The second-order valence-corrected chi connectivity index (χ2v) is 3.13. The highest BCUT2D eigenvalue weighted by molar-refractivity contribution is 6.29. The number of rotatable bonds is 4. The second kappa shape index (κ2) is 5.16. The maximum atomic E-state index is 10.9. The Morgan fingerprint density at radius 3 is 2.31 bits per heavy atom. The summed E-state index contributed by atoms with van der Waals surface area (Å²) in [6.45, 7) is 1.79. The number of amides is 1. The molecule has 1 aromatic rings. The van der Waals surface area contributed by atoms with E-state index >= 15 is 0 Å². The van der Waals surface area contributed by atoms with E-state index in [1.54, 1.807) is 19.1 Å². The Labute approximate surface area is 93.4 Å². The van der Waals surface area contributed by atoms with Gasteiger partial charge in [-0.05, 0) is 18.6 Å². The summed E-state index contributed by atoms with van der Waals surface area (Å²) in [7, 11) is 3.03. The minimum atomic E-state index is -0.699. The molecule has 1 N–H and O–H groups in total. The monoisotopic (exact) mass is 223 g/mol. The molecule has 0 saturated carbocycles. The highest BCUT2D eigenvalue weighted by atomic mass is 16.5. The van der Waals surface area contributed by atoms with E-state index in [4.69, 9.17) is 9.47 Å². The van der Waals surface area contributed by atoms with Crippen molar-refractivity contribution >= 4 is 17.9 Å². The standard InChI is InChI=1S/C11H13NO4/c1-7-4-9(15-2)10(16-3)5-8(7)12-11(14)6-13/h4-6H,1-3H3,(H,12,14). The SMILES string of the molecule is COc1cc(C)c(NC(=O)C=O)cc1OC. The first-order valence-electron chi connectivity index (χ1n) is 4.61. The van der Waals surface area contributed by atoms with E-state index in [0.717, 1.165) is 5.56 Å². The lowest BCUT2D eigenvalue weighted by molar-refractivity contribution is -0.127. The third-order valence-corrected chi connectivity index (χ3v) is 2.10. The lowest BCUT2D eigenvalue weighted by atomic mass is 10.1. The van der Waals surface area contributed by atoms with Crippen molar-refractivity contribution in [1.29, 1.82) is 0 Å². The van der Waals surface area contributed by atoms with Crippen molar-refractivity contribution in [3.63, 3.8) is 0 Å². The van der Waals surface area contributed by atoms with Crippen LogP contribution in [0.2, 0.25) is 0 Å². The number of methoxy groups -OCH3 is 2. The Bertz CT molecular complexity index is 415. The molecule has 0 bridgehead atoms. The molecule has 5 nitrogen and oxygen atoms in total. The molecule has 0 spiro atoms. The van der Waals surface area contributed by atoms with Crippen LogP contribution >= 0.6 is 0 Å². The number of ether oxygens (including phenoxy) is 2. The van der Waals surface area contributed by atoms with E-state index in [2.05, 4.69) is 5.32 Å². The van der Waals surface area contributed by atoms with Crippen molar-refractivity contribution in [3.05, 3.63) is 17.7 Å². The highest BCUT2D eigenvalue weighted by Crippen LogP contribution is 2.32. The fourth-order valence-corrected chi connectivity index (χ4v) is 1.28. The van der Waals surface area contributed by atoms with E-state index in [0.29, 0.717) is 17.2 Å². The van der Waals surface area contributed by atoms with Crippen molar-refractivity contribution in [2.24, 2.45) is 0 Å². The van der Waals surface area contributed by atoms with Gasteiger partial charge in [-0.15, -0.1) is 0 Å². The summed E-state index contributed by atoms with van der Waals surface area (Å²) in [5.74, 6) is 0.369. The molecule has 0 unspecified atom stereocenters. The van der Waals surface area contributed by atoms with Gasteiger partial charge in [-0.1, -0.05) is 0 Å². The predicted octanol–water partition coefficient (Wildman–Crippen LogP) is 1.15. The van der Waals surface area contributed by atoms with E-state index in [1.165, 1.54) is 14.2 Å². The van der Waals surface area contributed by atoms with Crippen LogP contribution < -0.4 is 14.8 Å². The zero-order valence-electron chi connectivity index (χ0n) is 9.37. The molecule has 1 aromatic carbocycles. The van der Waals surface area contributed by atoms with Crippen molar-refractivity contribution in [1.82, 2.24) is 0 Å². The molecule has 0 saturated heterocycles. The molecular formula is C11H13NO4. The third-order valence-electron chi connectivity index (χ3n) is 2.10. The molecular weight excluding hydrogens is 210 g/mol. The minimum Gasteiger partial charge on any atom is -0.493 e. The zero-order chi connectivity index (χ0) is 12.1. The van der Waals surface area contributed by atoms with Gasteiger partial charge in [0.1, 0.15) is 0 Å². The van der Waals surface area contributed by atoms with Crippen LogP contribution in [0.3, 0.4) is 0 Å². The number of benzene rings is 1. The normalized spacial score (nSPS) is 9.44. The lowest BCUT2D eigenvalue weighted by Gasteiger charge is -2.12. The quantitative estimate of drug-likeness (QED) is 0.614.